The zero-order valence-corrected chi connectivity index (χ0v) is 20.5. The van der Waals surface area contributed by atoms with Gasteiger partial charge >= 0.3 is 6.36 Å². The molecule has 0 bridgehead atoms. The highest BCUT2D eigenvalue weighted by Crippen LogP contribution is 2.35. The van der Waals surface area contributed by atoms with E-state index >= 15 is 0 Å². The van der Waals surface area contributed by atoms with Gasteiger partial charge in [0.2, 0.25) is 0 Å². The summed E-state index contributed by atoms with van der Waals surface area (Å²) in [6.07, 6.45) is -3.83. The number of aryl methyl sites for hydroxylation is 1. The van der Waals surface area contributed by atoms with E-state index < -0.39 is 32.2 Å². The Morgan fingerprint density at radius 1 is 0.861 bits per heavy atom. The predicted molar refractivity (Wildman–Crippen MR) is 126 cm³/mol. The van der Waals surface area contributed by atoms with Gasteiger partial charge in [0.15, 0.2) is 0 Å². The maximum atomic E-state index is 13.3. The zero-order chi connectivity index (χ0) is 26.1. The number of sulfonamides is 2. The van der Waals surface area contributed by atoms with Crippen LogP contribution in [0.2, 0.25) is 0 Å². The van der Waals surface area contributed by atoms with Gasteiger partial charge in [-0.05, 0) is 85.1 Å². The van der Waals surface area contributed by atoms with E-state index in [1.165, 1.54) is 35.7 Å². The normalized spacial score (nSPS) is 14.2. The molecule has 13 heteroatoms. The Hall–Kier alpha value is -3.45. The molecule has 8 nitrogen and oxygen atoms in total. The second-order valence-corrected chi connectivity index (χ2v) is 11.4. The molecule has 0 amide bonds. The molecule has 1 heterocycles. The molecule has 0 spiro atoms. The Kier molecular flexibility index (Phi) is 6.80. The van der Waals surface area contributed by atoms with E-state index in [0.717, 1.165) is 24.3 Å². The second kappa shape index (κ2) is 9.54. The number of hydrogen-bond donors (Lipinski definition) is 1. The van der Waals surface area contributed by atoms with Crippen molar-refractivity contribution in [3.63, 3.8) is 0 Å². The number of methoxy groups -OCH3 is 1. The van der Waals surface area contributed by atoms with Crippen LogP contribution < -0.4 is 18.5 Å². The van der Waals surface area contributed by atoms with Crippen LogP contribution in [0.4, 0.5) is 24.5 Å². The number of benzene rings is 3. The molecule has 36 heavy (non-hydrogen) atoms. The van der Waals surface area contributed by atoms with Gasteiger partial charge in [0.05, 0.1) is 22.6 Å². The summed E-state index contributed by atoms with van der Waals surface area (Å²) in [5.74, 6) is -0.0270. The van der Waals surface area contributed by atoms with E-state index in [1.807, 2.05) is 0 Å². The third-order valence-electron chi connectivity index (χ3n) is 5.42. The largest absolute Gasteiger partial charge is 0.573 e. The van der Waals surface area contributed by atoms with Gasteiger partial charge in [-0.25, -0.2) is 16.8 Å². The zero-order valence-electron chi connectivity index (χ0n) is 18.8. The summed E-state index contributed by atoms with van der Waals surface area (Å²) < 4.78 is 101. The number of hydrogen-bond acceptors (Lipinski definition) is 6. The van der Waals surface area contributed by atoms with Crippen LogP contribution in [0.15, 0.2) is 76.5 Å². The Balaban J connectivity index is 1.56. The van der Waals surface area contributed by atoms with Crippen LogP contribution in [0.1, 0.15) is 12.0 Å². The van der Waals surface area contributed by atoms with Crippen LogP contribution in [0.5, 0.6) is 11.5 Å². The quantitative estimate of drug-likeness (QED) is 0.471. The van der Waals surface area contributed by atoms with Crippen molar-refractivity contribution < 1.29 is 39.5 Å². The minimum atomic E-state index is -4.89. The fourth-order valence-corrected chi connectivity index (χ4v) is 6.38. The Bertz CT molecular complexity index is 1460. The highest BCUT2D eigenvalue weighted by Gasteiger charge is 2.32. The number of fused-ring (bicyclic) bond motifs is 1. The molecular formula is C23H21F3N2O6S2. The summed E-state index contributed by atoms with van der Waals surface area (Å²) in [4.78, 5) is -0.169. The standard InChI is InChI=1S/C23H21F3N2O6S2/c1-33-18-5-11-21(12-6-18)36(31,32)28-14-2-3-16-15-17(4-13-22(16)28)27-35(29,30)20-9-7-19(8-10-20)34-23(24,25)26/h4-13,15,27H,2-3,14H2,1H3. The molecule has 0 atom stereocenters. The van der Waals surface area contributed by atoms with Crippen molar-refractivity contribution in [1.82, 2.24) is 0 Å². The highest BCUT2D eigenvalue weighted by atomic mass is 32.2. The summed E-state index contributed by atoms with van der Waals surface area (Å²) in [6.45, 7) is 0.263. The average molecular weight is 543 g/mol. The number of alkyl halides is 3. The lowest BCUT2D eigenvalue weighted by atomic mass is 10.0. The van der Waals surface area contributed by atoms with Gasteiger partial charge in [-0.2, -0.15) is 0 Å². The first-order valence-corrected chi connectivity index (χ1v) is 13.5. The summed E-state index contributed by atoms with van der Waals surface area (Å²) in [6, 6.07) is 14.3. The van der Waals surface area contributed by atoms with Crippen LogP contribution in [0.3, 0.4) is 0 Å². The van der Waals surface area contributed by atoms with Gasteiger partial charge in [0.1, 0.15) is 11.5 Å². The number of ether oxygens (including phenoxy) is 2. The third-order valence-corrected chi connectivity index (χ3v) is 8.65. The lowest BCUT2D eigenvalue weighted by Crippen LogP contribution is -2.35. The van der Waals surface area contributed by atoms with Gasteiger partial charge in [0.25, 0.3) is 20.0 Å². The summed E-state index contributed by atoms with van der Waals surface area (Å²) in [5, 5.41) is 0. The molecule has 0 radical (unpaired) electrons. The van der Waals surface area contributed by atoms with Gasteiger partial charge in [-0.3, -0.25) is 9.03 Å². The van der Waals surface area contributed by atoms with Crippen molar-refractivity contribution in [2.45, 2.75) is 29.0 Å². The van der Waals surface area contributed by atoms with E-state index in [4.69, 9.17) is 4.74 Å². The summed E-state index contributed by atoms with van der Waals surface area (Å²) in [7, 11) is -6.50. The molecule has 192 valence electrons. The summed E-state index contributed by atoms with van der Waals surface area (Å²) >= 11 is 0. The van der Waals surface area contributed by atoms with Gasteiger partial charge in [-0.1, -0.05) is 0 Å². The molecule has 0 aromatic heterocycles. The van der Waals surface area contributed by atoms with Gasteiger partial charge in [0, 0.05) is 12.2 Å². The minimum Gasteiger partial charge on any atom is -0.497 e. The second-order valence-electron chi connectivity index (χ2n) is 7.82. The first kappa shape index (κ1) is 25.6. The molecule has 1 aliphatic rings. The van der Waals surface area contributed by atoms with Gasteiger partial charge < -0.3 is 9.47 Å². The average Bonchev–Trinajstić information content (AvgIpc) is 2.82. The van der Waals surface area contributed by atoms with E-state index in [-0.39, 0.29) is 22.0 Å². The molecular weight excluding hydrogens is 521 g/mol. The Morgan fingerprint density at radius 3 is 2.08 bits per heavy atom. The van der Waals surface area contributed by atoms with Crippen LogP contribution in [0.25, 0.3) is 0 Å². The number of nitrogens with zero attached hydrogens (tertiary/aromatic N) is 1. The monoisotopic (exact) mass is 542 g/mol. The molecule has 3 aromatic rings. The Labute approximate surface area is 206 Å². The SMILES string of the molecule is COc1ccc(S(=O)(=O)N2CCCc3cc(NS(=O)(=O)c4ccc(OC(F)(F)F)cc4)ccc32)cc1. The molecule has 3 aromatic carbocycles. The van der Waals surface area contributed by atoms with Crippen LogP contribution >= 0.6 is 0 Å². The highest BCUT2D eigenvalue weighted by molar-refractivity contribution is 7.93. The van der Waals surface area contributed by atoms with E-state index in [0.29, 0.717) is 29.8 Å². The van der Waals surface area contributed by atoms with Crippen molar-refractivity contribution in [2.75, 3.05) is 22.7 Å². The minimum absolute atomic E-state index is 0.0962. The molecule has 4 rings (SSSR count). The van der Waals surface area contributed by atoms with Crippen molar-refractivity contribution in [2.24, 2.45) is 0 Å². The molecule has 0 unspecified atom stereocenters. The van der Waals surface area contributed by atoms with Crippen LogP contribution in [-0.2, 0) is 26.5 Å². The van der Waals surface area contributed by atoms with Crippen molar-refractivity contribution in [3.05, 3.63) is 72.3 Å². The molecule has 0 fully saturated rings. The Morgan fingerprint density at radius 2 is 1.47 bits per heavy atom. The number of nitrogens with one attached hydrogen (secondary N) is 1. The van der Waals surface area contributed by atoms with E-state index in [9.17, 15) is 30.0 Å². The van der Waals surface area contributed by atoms with Crippen LogP contribution in [-0.4, -0.2) is 36.9 Å². The summed E-state index contributed by atoms with van der Waals surface area (Å²) in [5.41, 5.74) is 1.26. The van der Waals surface area contributed by atoms with Crippen molar-refractivity contribution in [3.8, 4) is 11.5 Å². The maximum absolute atomic E-state index is 13.3. The molecule has 1 aliphatic heterocycles. The predicted octanol–water partition coefficient (Wildman–Crippen LogP) is 4.54. The first-order chi connectivity index (χ1) is 16.9. The maximum Gasteiger partial charge on any atom is 0.573 e. The molecule has 0 saturated heterocycles. The molecule has 0 saturated carbocycles. The lowest BCUT2D eigenvalue weighted by molar-refractivity contribution is -0.274. The van der Waals surface area contributed by atoms with Crippen LogP contribution in [0, 0.1) is 0 Å². The first-order valence-electron chi connectivity index (χ1n) is 10.6. The molecule has 1 N–H and O–H groups in total. The fourth-order valence-electron chi connectivity index (χ4n) is 3.79. The number of anilines is 2. The van der Waals surface area contributed by atoms with Gasteiger partial charge in [-0.15, -0.1) is 13.2 Å². The fraction of sp³-hybridized carbons (Fsp3) is 0.217. The lowest BCUT2D eigenvalue weighted by Gasteiger charge is -2.31. The van der Waals surface area contributed by atoms with Crippen molar-refractivity contribution in [1.29, 1.82) is 0 Å². The van der Waals surface area contributed by atoms with E-state index in [1.54, 1.807) is 18.2 Å². The number of rotatable bonds is 7. The third kappa shape index (κ3) is 5.51. The van der Waals surface area contributed by atoms with E-state index in [2.05, 4.69) is 9.46 Å². The topological polar surface area (TPSA) is 102 Å². The number of halogens is 3. The molecule has 0 aliphatic carbocycles. The van der Waals surface area contributed by atoms with Crippen molar-refractivity contribution >= 4 is 31.4 Å². The smallest absolute Gasteiger partial charge is 0.497 e.